The van der Waals surface area contributed by atoms with Gasteiger partial charge in [0, 0.05) is 5.56 Å². The third-order valence-corrected chi connectivity index (χ3v) is 1.97. The van der Waals surface area contributed by atoms with E-state index in [-0.39, 0.29) is 11.6 Å². The van der Waals surface area contributed by atoms with Gasteiger partial charge in [0.15, 0.2) is 5.69 Å². The van der Waals surface area contributed by atoms with Gasteiger partial charge in [0.05, 0.1) is 0 Å². The maximum absolute atomic E-state index is 11.6. The van der Waals surface area contributed by atoms with E-state index in [4.69, 9.17) is 11.6 Å². The Morgan fingerprint density at radius 2 is 1.80 bits per heavy atom. The lowest BCUT2D eigenvalue weighted by Crippen LogP contribution is -2.32. The summed E-state index contributed by atoms with van der Waals surface area (Å²) in [7, 11) is 0. The molecular weight excluding hydrogens is 194 g/mol. The summed E-state index contributed by atoms with van der Waals surface area (Å²) in [6.45, 7) is 0. The second-order valence-corrected chi connectivity index (χ2v) is 2.95. The minimum Gasteiger partial charge on any atom is -0.366 e. The van der Waals surface area contributed by atoms with Gasteiger partial charge in [0.25, 0.3) is 5.56 Å². The van der Waals surface area contributed by atoms with Crippen LogP contribution in [-0.2, 0) is 0 Å². The molecule has 0 saturated heterocycles. The third kappa shape index (κ3) is 1.52. The normalized spacial score (nSPS) is 10.1. The van der Waals surface area contributed by atoms with E-state index in [1.807, 2.05) is 6.07 Å². The van der Waals surface area contributed by atoms with Crippen molar-refractivity contribution in [1.82, 2.24) is 14.9 Å². The molecule has 0 atom stereocenters. The van der Waals surface area contributed by atoms with Crippen molar-refractivity contribution in [2.24, 2.45) is 0 Å². The van der Waals surface area contributed by atoms with Gasteiger partial charge in [-0.05, 0) is 0 Å². The van der Waals surface area contributed by atoms with Crippen LogP contribution in [0.4, 0.5) is 5.95 Å². The molecule has 0 fully saturated rings. The highest BCUT2D eigenvalue weighted by molar-refractivity contribution is 5.57. The summed E-state index contributed by atoms with van der Waals surface area (Å²) in [6.07, 6.45) is 0. The van der Waals surface area contributed by atoms with E-state index >= 15 is 0 Å². The molecule has 0 bridgehead atoms. The minimum absolute atomic E-state index is 0.111. The molecule has 0 unspecified atom stereocenters. The van der Waals surface area contributed by atoms with Crippen LogP contribution in [0.3, 0.4) is 0 Å². The molecule has 0 aliphatic heterocycles. The summed E-state index contributed by atoms with van der Waals surface area (Å²) in [6, 6.07) is 8.94. The first kappa shape index (κ1) is 9.20. The van der Waals surface area contributed by atoms with Crippen LogP contribution in [0.1, 0.15) is 0 Å². The lowest BCUT2D eigenvalue weighted by molar-refractivity contribution is 0.848. The molecule has 6 nitrogen and oxygen atoms in total. The van der Waals surface area contributed by atoms with Crippen LogP contribution in [0.2, 0.25) is 0 Å². The van der Waals surface area contributed by atoms with Gasteiger partial charge in [0.2, 0.25) is 5.95 Å². The Kier molecular flexibility index (Phi) is 2.09. The Hall–Kier alpha value is -2.37. The number of rotatable bonds is 1. The summed E-state index contributed by atoms with van der Waals surface area (Å²) in [5.74, 6) is 5.29. The highest BCUT2D eigenvalue weighted by Gasteiger charge is 2.08. The van der Waals surface area contributed by atoms with Crippen molar-refractivity contribution < 1.29 is 0 Å². The predicted molar refractivity (Wildman–Crippen MR) is 56.3 cm³/mol. The van der Waals surface area contributed by atoms with E-state index in [9.17, 15) is 4.79 Å². The first-order chi connectivity index (χ1) is 7.20. The van der Waals surface area contributed by atoms with Crippen molar-refractivity contribution in [3.63, 3.8) is 0 Å². The lowest BCUT2D eigenvalue weighted by Gasteiger charge is -2.03. The molecule has 4 N–H and O–H groups in total. The smallest absolute Gasteiger partial charge is 0.300 e. The van der Waals surface area contributed by atoms with Crippen LogP contribution in [-0.4, -0.2) is 14.9 Å². The first-order valence-electron chi connectivity index (χ1n) is 4.26. The number of aromatic nitrogens is 3. The Balaban J connectivity index is 2.66. The van der Waals surface area contributed by atoms with Crippen molar-refractivity contribution in [1.29, 1.82) is 0 Å². The van der Waals surface area contributed by atoms with Crippen LogP contribution in [0, 0.1) is 0 Å². The molecule has 1 heterocycles. The number of hydrogen-bond donors (Lipinski definition) is 2. The molecule has 1 aromatic carbocycles. The lowest BCUT2D eigenvalue weighted by atomic mass is 10.2. The average molecular weight is 203 g/mol. The van der Waals surface area contributed by atoms with Gasteiger partial charge in [-0.2, -0.15) is 4.68 Å². The third-order valence-electron chi connectivity index (χ3n) is 1.97. The fraction of sp³-hybridized carbons (Fsp3) is 0. The van der Waals surface area contributed by atoms with E-state index in [1.165, 1.54) is 0 Å². The van der Waals surface area contributed by atoms with Gasteiger partial charge in [-0.1, -0.05) is 30.3 Å². The molecule has 6 heteroatoms. The number of nitrogens with two attached hydrogens (primary N) is 2. The molecule has 0 aliphatic rings. The number of anilines is 1. The Morgan fingerprint density at radius 3 is 2.47 bits per heavy atom. The van der Waals surface area contributed by atoms with Crippen molar-refractivity contribution in [2.75, 3.05) is 11.6 Å². The quantitative estimate of drug-likeness (QED) is 0.614. The van der Waals surface area contributed by atoms with Crippen molar-refractivity contribution in [3.05, 3.63) is 40.7 Å². The van der Waals surface area contributed by atoms with E-state index in [0.717, 1.165) is 4.68 Å². The fourth-order valence-electron chi connectivity index (χ4n) is 1.19. The van der Waals surface area contributed by atoms with Crippen molar-refractivity contribution in [3.8, 4) is 11.3 Å². The summed E-state index contributed by atoms with van der Waals surface area (Å²) in [5.41, 5.74) is 5.72. The molecule has 0 radical (unpaired) electrons. The Labute approximate surface area is 85.1 Å². The van der Waals surface area contributed by atoms with Crippen LogP contribution in [0.15, 0.2) is 35.1 Å². The monoisotopic (exact) mass is 203 g/mol. The van der Waals surface area contributed by atoms with E-state index in [2.05, 4.69) is 10.2 Å². The topological polar surface area (TPSA) is 99.8 Å². The van der Waals surface area contributed by atoms with Gasteiger partial charge < -0.3 is 11.6 Å². The Morgan fingerprint density at radius 1 is 1.13 bits per heavy atom. The van der Waals surface area contributed by atoms with Crippen LogP contribution < -0.4 is 17.1 Å². The average Bonchev–Trinajstić information content (AvgIpc) is 2.27. The maximum atomic E-state index is 11.6. The minimum atomic E-state index is -0.464. The molecule has 76 valence electrons. The Bertz CT molecular complexity index is 534. The fourth-order valence-corrected chi connectivity index (χ4v) is 1.19. The van der Waals surface area contributed by atoms with Gasteiger partial charge in [-0.15, -0.1) is 10.2 Å². The maximum Gasteiger partial charge on any atom is 0.300 e. The number of nitrogen functional groups attached to an aromatic ring is 2. The van der Waals surface area contributed by atoms with Crippen molar-refractivity contribution >= 4 is 5.95 Å². The zero-order chi connectivity index (χ0) is 10.8. The van der Waals surface area contributed by atoms with E-state index in [0.29, 0.717) is 5.56 Å². The van der Waals surface area contributed by atoms with Crippen molar-refractivity contribution in [2.45, 2.75) is 0 Å². The number of hydrogen-bond acceptors (Lipinski definition) is 5. The largest absolute Gasteiger partial charge is 0.366 e. The second kappa shape index (κ2) is 3.41. The van der Waals surface area contributed by atoms with Crippen LogP contribution in [0.5, 0.6) is 0 Å². The van der Waals surface area contributed by atoms with Gasteiger partial charge in [0.1, 0.15) is 0 Å². The standard InChI is InChI=1S/C9H9N5O/c10-9-13-12-7(8(15)14(9)11)6-4-2-1-3-5-6/h1-5H,11H2,(H2,10,13). The molecule has 2 rings (SSSR count). The molecule has 0 aliphatic carbocycles. The van der Waals surface area contributed by atoms with E-state index in [1.54, 1.807) is 24.3 Å². The molecule has 0 saturated carbocycles. The summed E-state index contributed by atoms with van der Waals surface area (Å²) < 4.78 is 0.773. The van der Waals surface area contributed by atoms with E-state index < -0.39 is 5.56 Å². The highest BCUT2D eigenvalue weighted by atomic mass is 16.1. The van der Waals surface area contributed by atoms with Gasteiger partial charge >= 0.3 is 0 Å². The van der Waals surface area contributed by atoms with Gasteiger partial charge in [-0.3, -0.25) is 4.79 Å². The molecule has 15 heavy (non-hydrogen) atoms. The zero-order valence-electron chi connectivity index (χ0n) is 7.79. The summed E-state index contributed by atoms with van der Waals surface area (Å²) in [4.78, 5) is 11.6. The van der Waals surface area contributed by atoms with Crippen LogP contribution in [0.25, 0.3) is 11.3 Å². The SMILES string of the molecule is Nc1nnc(-c2ccccc2)c(=O)n1N. The second-order valence-electron chi connectivity index (χ2n) is 2.95. The summed E-state index contributed by atoms with van der Waals surface area (Å²) in [5, 5.41) is 7.30. The molecular formula is C9H9N5O. The molecule has 1 aromatic heterocycles. The first-order valence-corrected chi connectivity index (χ1v) is 4.26. The number of nitrogens with zero attached hydrogens (tertiary/aromatic N) is 3. The molecule has 0 amide bonds. The highest BCUT2D eigenvalue weighted by Crippen LogP contribution is 2.10. The van der Waals surface area contributed by atoms with Crippen LogP contribution >= 0.6 is 0 Å². The number of benzene rings is 1. The van der Waals surface area contributed by atoms with Gasteiger partial charge in [-0.25, -0.2) is 0 Å². The molecule has 0 spiro atoms. The summed E-state index contributed by atoms with van der Waals surface area (Å²) >= 11 is 0. The zero-order valence-corrected chi connectivity index (χ0v) is 7.79. The molecule has 2 aromatic rings. The predicted octanol–water partition coefficient (Wildman–Crippen LogP) is -0.399.